The minimum atomic E-state index is -1.91. The lowest BCUT2D eigenvalue weighted by atomic mass is 9.87. The molecule has 3 N–H and O–H groups in total. The van der Waals surface area contributed by atoms with Crippen molar-refractivity contribution in [2.45, 2.75) is 24.2 Å². The molecule has 0 aliphatic heterocycles. The maximum absolute atomic E-state index is 10.3. The first-order valence-corrected chi connectivity index (χ1v) is 3.32. The largest absolute Gasteiger partial charge is 0.390 e. The molecule has 4 nitrogen and oxygen atoms in total. The second-order valence-corrected chi connectivity index (χ2v) is 2.66. The molecule has 0 amide bonds. The average molecular weight is 158 g/mol. The lowest BCUT2D eigenvalue weighted by molar-refractivity contribution is -0.140. The fourth-order valence-corrected chi connectivity index (χ4v) is 1.04. The lowest BCUT2D eigenvalue weighted by Gasteiger charge is -2.30. The molecule has 0 aromatic carbocycles. The topological polar surface area (TPSA) is 77.8 Å². The summed E-state index contributed by atoms with van der Waals surface area (Å²) in [5, 5.41) is 27.4. The minimum Gasteiger partial charge on any atom is -0.390 e. The zero-order chi connectivity index (χ0) is 8.48. The van der Waals surface area contributed by atoms with Crippen LogP contribution in [0.3, 0.4) is 0 Å². The van der Waals surface area contributed by atoms with Gasteiger partial charge in [0.15, 0.2) is 11.9 Å². The molecule has 1 aliphatic rings. The molecule has 0 saturated heterocycles. The van der Waals surface area contributed by atoms with E-state index >= 15 is 0 Å². The summed E-state index contributed by atoms with van der Waals surface area (Å²) in [4.78, 5) is 10.3. The highest BCUT2D eigenvalue weighted by atomic mass is 16.4. The molecular formula is C7H10O4. The average Bonchev–Trinajstić information content (AvgIpc) is 2.00. The zero-order valence-electron chi connectivity index (χ0n) is 5.84. The number of aliphatic hydroxyl groups is 3. The molecule has 0 radical (unpaired) electrons. The molecule has 0 aromatic heterocycles. The fraction of sp³-hybridized carbons (Fsp3) is 0.571. The van der Waals surface area contributed by atoms with Crippen molar-refractivity contribution in [3.8, 4) is 0 Å². The Morgan fingerprint density at radius 2 is 2.18 bits per heavy atom. The predicted octanol–water partition coefficient (Wildman–Crippen LogP) is -1.40. The van der Waals surface area contributed by atoms with E-state index in [-0.39, 0.29) is 12.7 Å². The molecule has 0 spiro atoms. The van der Waals surface area contributed by atoms with Gasteiger partial charge in [0.25, 0.3) is 0 Å². The highest BCUT2D eigenvalue weighted by Crippen LogP contribution is 2.20. The molecular weight excluding hydrogens is 148 g/mol. The molecule has 0 saturated carbocycles. The first kappa shape index (κ1) is 8.39. The summed E-state index contributed by atoms with van der Waals surface area (Å²) < 4.78 is 0. The molecule has 0 heterocycles. The number of aldehydes is 1. The van der Waals surface area contributed by atoms with E-state index in [0.29, 0.717) is 0 Å². The molecule has 11 heavy (non-hydrogen) atoms. The zero-order valence-corrected chi connectivity index (χ0v) is 5.84. The molecule has 4 heteroatoms. The highest BCUT2D eigenvalue weighted by Gasteiger charge is 2.39. The van der Waals surface area contributed by atoms with Crippen LogP contribution in [-0.4, -0.2) is 39.4 Å². The van der Waals surface area contributed by atoms with E-state index in [1.54, 1.807) is 0 Å². The summed E-state index contributed by atoms with van der Waals surface area (Å²) >= 11 is 0. The van der Waals surface area contributed by atoms with Crippen molar-refractivity contribution < 1.29 is 20.1 Å². The summed E-state index contributed by atoms with van der Waals surface area (Å²) in [5.41, 5.74) is -1.91. The van der Waals surface area contributed by atoms with Crippen LogP contribution in [0, 0.1) is 0 Å². The number of carbonyl (C=O) groups excluding carboxylic acids is 1. The van der Waals surface area contributed by atoms with Crippen LogP contribution < -0.4 is 0 Å². The van der Waals surface area contributed by atoms with E-state index in [2.05, 4.69) is 0 Å². The van der Waals surface area contributed by atoms with Gasteiger partial charge >= 0.3 is 0 Å². The van der Waals surface area contributed by atoms with Gasteiger partial charge in [-0.25, -0.2) is 0 Å². The third-order valence-electron chi connectivity index (χ3n) is 1.79. The van der Waals surface area contributed by atoms with Gasteiger partial charge in [-0.05, 0) is 12.5 Å². The smallest absolute Gasteiger partial charge is 0.166 e. The SMILES string of the molecule is O=CC1(O)C=CCC(O)C1O. The molecule has 3 unspecified atom stereocenters. The third-order valence-corrected chi connectivity index (χ3v) is 1.79. The van der Waals surface area contributed by atoms with Gasteiger partial charge in [0.1, 0.15) is 6.10 Å². The first-order valence-electron chi connectivity index (χ1n) is 3.32. The molecule has 1 rings (SSSR count). The first-order chi connectivity index (χ1) is 5.10. The van der Waals surface area contributed by atoms with Crippen LogP contribution in [-0.2, 0) is 4.79 Å². The van der Waals surface area contributed by atoms with Gasteiger partial charge in [-0.3, -0.25) is 4.79 Å². The number of carbonyl (C=O) groups is 1. The van der Waals surface area contributed by atoms with Gasteiger partial charge in [-0.2, -0.15) is 0 Å². The van der Waals surface area contributed by atoms with Gasteiger partial charge in [-0.15, -0.1) is 0 Å². The van der Waals surface area contributed by atoms with Crippen molar-refractivity contribution in [1.82, 2.24) is 0 Å². The van der Waals surface area contributed by atoms with Crippen LogP contribution in [0.5, 0.6) is 0 Å². The van der Waals surface area contributed by atoms with Gasteiger partial charge in [0.05, 0.1) is 6.10 Å². The van der Waals surface area contributed by atoms with E-state index in [0.717, 1.165) is 0 Å². The van der Waals surface area contributed by atoms with Crippen LogP contribution in [0.4, 0.5) is 0 Å². The fourth-order valence-electron chi connectivity index (χ4n) is 1.04. The van der Waals surface area contributed by atoms with Crippen molar-refractivity contribution in [2.75, 3.05) is 0 Å². The van der Waals surface area contributed by atoms with Crippen molar-refractivity contribution in [1.29, 1.82) is 0 Å². The van der Waals surface area contributed by atoms with Crippen LogP contribution >= 0.6 is 0 Å². The highest BCUT2D eigenvalue weighted by molar-refractivity contribution is 5.67. The van der Waals surface area contributed by atoms with Gasteiger partial charge in [0.2, 0.25) is 0 Å². The third kappa shape index (κ3) is 1.33. The molecule has 62 valence electrons. The quantitative estimate of drug-likeness (QED) is 0.324. The van der Waals surface area contributed by atoms with Gasteiger partial charge in [0, 0.05) is 0 Å². The molecule has 1 aliphatic carbocycles. The van der Waals surface area contributed by atoms with Gasteiger partial charge < -0.3 is 15.3 Å². The Morgan fingerprint density at radius 1 is 1.55 bits per heavy atom. The Balaban J connectivity index is 2.87. The van der Waals surface area contributed by atoms with E-state index in [1.807, 2.05) is 0 Å². The van der Waals surface area contributed by atoms with Crippen LogP contribution in [0.2, 0.25) is 0 Å². The summed E-state index contributed by atoms with van der Waals surface area (Å²) in [6.07, 6.45) is 0.664. The van der Waals surface area contributed by atoms with Gasteiger partial charge in [-0.1, -0.05) is 6.08 Å². The Hall–Kier alpha value is -0.710. The number of rotatable bonds is 1. The van der Waals surface area contributed by atoms with Crippen LogP contribution in [0.15, 0.2) is 12.2 Å². The minimum absolute atomic E-state index is 0.219. The maximum atomic E-state index is 10.3. The Kier molecular flexibility index (Phi) is 2.08. The second-order valence-electron chi connectivity index (χ2n) is 2.66. The van der Waals surface area contributed by atoms with Crippen molar-refractivity contribution in [3.05, 3.63) is 12.2 Å². The normalized spacial score (nSPS) is 43.9. The summed E-state index contributed by atoms with van der Waals surface area (Å²) in [7, 11) is 0. The monoisotopic (exact) mass is 158 g/mol. The summed E-state index contributed by atoms with van der Waals surface area (Å²) in [6.45, 7) is 0. The number of aliphatic hydroxyl groups excluding tert-OH is 2. The number of hydrogen-bond donors (Lipinski definition) is 3. The Morgan fingerprint density at radius 3 is 2.64 bits per heavy atom. The Bertz CT molecular complexity index is 189. The van der Waals surface area contributed by atoms with Crippen LogP contribution in [0.25, 0.3) is 0 Å². The lowest BCUT2D eigenvalue weighted by Crippen LogP contribution is -2.50. The molecule has 0 fully saturated rings. The van der Waals surface area contributed by atoms with Crippen molar-refractivity contribution in [3.63, 3.8) is 0 Å². The van der Waals surface area contributed by atoms with Crippen molar-refractivity contribution in [2.24, 2.45) is 0 Å². The summed E-state index contributed by atoms with van der Waals surface area (Å²) in [6, 6.07) is 0. The molecule has 3 atom stereocenters. The summed E-state index contributed by atoms with van der Waals surface area (Å²) in [5.74, 6) is 0. The van der Waals surface area contributed by atoms with Crippen molar-refractivity contribution >= 4 is 6.29 Å². The van der Waals surface area contributed by atoms with Crippen LogP contribution in [0.1, 0.15) is 6.42 Å². The predicted molar refractivity (Wildman–Crippen MR) is 36.8 cm³/mol. The maximum Gasteiger partial charge on any atom is 0.166 e. The second kappa shape index (κ2) is 2.73. The van der Waals surface area contributed by atoms with E-state index in [1.165, 1.54) is 12.2 Å². The Labute approximate surface area is 63.8 Å². The molecule has 0 bridgehead atoms. The standard InChI is InChI=1S/C7H10O4/c8-4-7(11)3-1-2-5(9)6(7)10/h1,3-6,9-11H,2H2. The van der Waals surface area contributed by atoms with E-state index in [4.69, 9.17) is 10.2 Å². The number of hydrogen-bond acceptors (Lipinski definition) is 4. The van der Waals surface area contributed by atoms with E-state index < -0.39 is 17.8 Å². The molecule has 0 aromatic rings. The van der Waals surface area contributed by atoms with E-state index in [9.17, 15) is 9.90 Å².